The minimum atomic E-state index is -0.529. The number of rotatable bonds is 5. The molecule has 1 aliphatic carbocycles. The summed E-state index contributed by atoms with van der Waals surface area (Å²) in [7, 11) is 0. The molecule has 0 aromatic heterocycles. The molecule has 1 aliphatic rings. The van der Waals surface area contributed by atoms with Gasteiger partial charge in [0.25, 0.3) is 5.91 Å². The summed E-state index contributed by atoms with van der Waals surface area (Å²) in [6.45, 7) is 2.27. The largest absolute Gasteiger partial charge is 0.501 e. The highest BCUT2D eigenvalue weighted by Gasteiger charge is 2.32. The second-order valence-corrected chi connectivity index (χ2v) is 4.81. The molecule has 3 unspecified atom stereocenters. The number of aliphatic hydroxyl groups excluding tert-OH is 2. The Labute approximate surface area is 117 Å². The Bertz CT molecular complexity index is 349. The van der Waals surface area contributed by atoms with Gasteiger partial charge in [0.05, 0.1) is 19.0 Å². The molecule has 1 amide bonds. The van der Waals surface area contributed by atoms with Crippen molar-refractivity contribution >= 4 is 23.2 Å². The average molecular weight is 288 g/mol. The van der Waals surface area contributed by atoms with Gasteiger partial charge in [-0.2, -0.15) is 0 Å². The molecule has 0 aromatic rings. The monoisotopic (exact) mass is 288 g/mol. The quantitative estimate of drug-likeness (QED) is 0.314. The molecule has 3 atom stereocenters. The first kappa shape index (κ1) is 15.9. The van der Waals surface area contributed by atoms with Gasteiger partial charge in [0.1, 0.15) is 0 Å². The summed E-state index contributed by atoms with van der Waals surface area (Å²) in [6.07, 6.45) is 3.16. The predicted molar refractivity (Wildman–Crippen MR) is 74.2 cm³/mol. The number of hydrogen-bond donors (Lipinski definition) is 4. The fourth-order valence-corrected chi connectivity index (χ4v) is 2.27. The van der Waals surface area contributed by atoms with Crippen LogP contribution in [0.5, 0.6) is 0 Å². The average Bonchev–Trinajstić information content (AvgIpc) is 2.69. The Morgan fingerprint density at radius 3 is 2.84 bits per heavy atom. The minimum absolute atomic E-state index is 0.0316. The van der Waals surface area contributed by atoms with Crippen LogP contribution in [0.25, 0.3) is 0 Å². The molecule has 4 N–H and O–H groups in total. The molecule has 0 bridgehead atoms. The third kappa shape index (κ3) is 5.54. The van der Waals surface area contributed by atoms with Crippen molar-refractivity contribution in [1.29, 1.82) is 0 Å². The molecule has 1 saturated carbocycles. The predicted octanol–water partition coefficient (Wildman–Crippen LogP) is -0.341. The van der Waals surface area contributed by atoms with Crippen molar-refractivity contribution in [2.45, 2.75) is 31.9 Å². The lowest BCUT2D eigenvalue weighted by Crippen LogP contribution is -2.43. The molecule has 0 aromatic carbocycles. The first-order chi connectivity index (χ1) is 9.06. The second-order valence-electron chi connectivity index (χ2n) is 4.40. The molecule has 0 aliphatic heterocycles. The summed E-state index contributed by atoms with van der Waals surface area (Å²) in [4.78, 5) is 11.4. The third-order valence-corrected chi connectivity index (χ3v) is 3.17. The summed E-state index contributed by atoms with van der Waals surface area (Å²) in [5.74, 6) is -0.503. The van der Waals surface area contributed by atoms with E-state index in [4.69, 9.17) is 22.1 Å². The van der Waals surface area contributed by atoms with Crippen LogP contribution in [0.3, 0.4) is 0 Å². The van der Waals surface area contributed by atoms with Gasteiger partial charge >= 0.3 is 0 Å². The number of thiocarbonyl (C=S) groups is 1. The van der Waals surface area contributed by atoms with E-state index in [9.17, 15) is 9.90 Å². The summed E-state index contributed by atoms with van der Waals surface area (Å²) in [5, 5.41) is 24.3. The van der Waals surface area contributed by atoms with Crippen LogP contribution >= 0.6 is 12.2 Å². The van der Waals surface area contributed by atoms with Crippen LogP contribution in [-0.2, 0) is 9.53 Å². The number of ether oxygens (including phenoxy) is 1. The molecule has 7 heteroatoms. The number of carbonyl (C=O) groups excluding carboxylic acids is 1. The summed E-state index contributed by atoms with van der Waals surface area (Å²) < 4.78 is 4.90. The molecule has 0 spiro atoms. The lowest BCUT2D eigenvalue weighted by Gasteiger charge is -2.14. The van der Waals surface area contributed by atoms with Gasteiger partial charge in [-0.25, -0.2) is 0 Å². The van der Waals surface area contributed by atoms with Gasteiger partial charge in [-0.3, -0.25) is 10.1 Å². The molecule has 0 saturated heterocycles. The number of nitrogens with one attached hydrogen (secondary N) is 2. The van der Waals surface area contributed by atoms with Gasteiger partial charge in [-0.05, 0) is 32.0 Å². The van der Waals surface area contributed by atoms with Crippen molar-refractivity contribution in [3.05, 3.63) is 12.3 Å². The summed E-state index contributed by atoms with van der Waals surface area (Å²) in [6, 6.07) is -0.0316. The Kier molecular flexibility index (Phi) is 6.75. The first-order valence-corrected chi connectivity index (χ1v) is 6.66. The highest BCUT2D eigenvalue weighted by atomic mass is 32.1. The Hall–Kier alpha value is -1.18. The molecule has 1 rings (SSSR count). The fourth-order valence-electron chi connectivity index (χ4n) is 2.00. The summed E-state index contributed by atoms with van der Waals surface area (Å²) >= 11 is 5.00. The molecular formula is C12H20N2O4S. The van der Waals surface area contributed by atoms with E-state index in [2.05, 4.69) is 10.6 Å². The van der Waals surface area contributed by atoms with E-state index in [1.807, 2.05) is 6.92 Å². The first-order valence-electron chi connectivity index (χ1n) is 6.25. The lowest BCUT2D eigenvalue weighted by molar-refractivity contribution is -0.115. The summed E-state index contributed by atoms with van der Waals surface area (Å²) in [5.41, 5.74) is 0. The van der Waals surface area contributed by atoms with E-state index in [1.54, 1.807) is 0 Å². The van der Waals surface area contributed by atoms with Crippen LogP contribution in [0.1, 0.15) is 19.8 Å². The van der Waals surface area contributed by atoms with E-state index in [1.165, 1.54) is 12.3 Å². The van der Waals surface area contributed by atoms with E-state index in [-0.39, 0.29) is 29.6 Å². The number of hydrogen-bond acceptors (Lipinski definition) is 5. The maximum absolute atomic E-state index is 11.4. The fraction of sp³-hybridized carbons (Fsp3) is 0.667. The minimum Gasteiger partial charge on any atom is -0.501 e. The molecular weight excluding hydrogens is 268 g/mol. The zero-order valence-electron chi connectivity index (χ0n) is 10.8. The van der Waals surface area contributed by atoms with E-state index in [0.717, 1.165) is 0 Å². The van der Waals surface area contributed by atoms with Crippen LogP contribution < -0.4 is 10.6 Å². The Balaban J connectivity index is 2.30. The van der Waals surface area contributed by atoms with Crippen LogP contribution in [0.4, 0.5) is 0 Å². The van der Waals surface area contributed by atoms with Crippen molar-refractivity contribution in [3.8, 4) is 0 Å². The van der Waals surface area contributed by atoms with Gasteiger partial charge in [-0.15, -0.1) is 0 Å². The van der Waals surface area contributed by atoms with Crippen LogP contribution in [-0.4, -0.2) is 46.6 Å². The zero-order valence-corrected chi connectivity index (χ0v) is 11.7. The number of aliphatic hydroxyl groups is 2. The molecule has 19 heavy (non-hydrogen) atoms. The highest BCUT2D eigenvalue weighted by Crippen LogP contribution is 2.25. The van der Waals surface area contributed by atoms with Gasteiger partial charge < -0.3 is 20.3 Å². The van der Waals surface area contributed by atoms with Crippen molar-refractivity contribution < 1.29 is 19.7 Å². The normalized spacial score (nSPS) is 26.4. The smallest absolute Gasteiger partial charge is 0.253 e. The highest BCUT2D eigenvalue weighted by molar-refractivity contribution is 7.80. The van der Waals surface area contributed by atoms with Gasteiger partial charge in [0, 0.05) is 24.6 Å². The topological polar surface area (TPSA) is 90.8 Å². The SMILES string of the molecule is CCOC=CC(=O)NC(=S)NC1CC(O)C(CO)C1. The third-order valence-electron chi connectivity index (χ3n) is 2.95. The molecule has 0 heterocycles. The van der Waals surface area contributed by atoms with E-state index >= 15 is 0 Å². The lowest BCUT2D eigenvalue weighted by atomic mass is 10.1. The Morgan fingerprint density at radius 2 is 2.26 bits per heavy atom. The molecule has 6 nitrogen and oxygen atoms in total. The van der Waals surface area contributed by atoms with Crippen molar-refractivity contribution in [1.82, 2.24) is 10.6 Å². The van der Waals surface area contributed by atoms with E-state index < -0.39 is 6.10 Å². The molecule has 1 fully saturated rings. The van der Waals surface area contributed by atoms with Gasteiger partial charge in [0.2, 0.25) is 0 Å². The molecule has 0 radical (unpaired) electrons. The second kappa shape index (κ2) is 8.08. The number of amides is 1. The van der Waals surface area contributed by atoms with Crippen molar-refractivity contribution in [2.24, 2.45) is 5.92 Å². The number of carbonyl (C=O) groups is 1. The van der Waals surface area contributed by atoms with Crippen LogP contribution in [0.2, 0.25) is 0 Å². The van der Waals surface area contributed by atoms with E-state index in [0.29, 0.717) is 19.4 Å². The van der Waals surface area contributed by atoms with Crippen molar-refractivity contribution in [2.75, 3.05) is 13.2 Å². The Morgan fingerprint density at radius 1 is 1.53 bits per heavy atom. The molecule has 108 valence electrons. The van der Waals surface area contributed by atoms with Gasteiger partial charge in [0.15, 0.2) is 5.11 Å². The van der Waals surface area contributed by atoms with Gasteiger partial charge in [-0.1, -0.05) is 0 Å². The maximum atomic E-state index is 11.4. The van der Waals surface area contributed by atoms with Crippen LogP contribution in [0.15, 0.2) is 12.3 Å². The standard InChI is InChI=1S/C12H20N2O4S/c1-2-18-4-3-11(17)14-12(19)13-9-5-8(7-15)10(16)6-9/h3-4,8-10,15-16H,2,5-7H2,1H3,(H2,13,14,17,19). The maximum Gasteiger partial charge on any atom is 0.253 e. The van der Waals surface area contributed by atoms with Crippen LogP contribution in [0, 0.1) is 5.92 Å². The van der Waals surface area contributed by atoms with Crippen molar-refractivity contribution in [3.63, 3.8) is 0 Å². The zero-order chi connectivity index (χ0) is 14.3.